The Kier molecular flexibility index (Phi) is 6.69. The fourth-order valence-electron chi connectivity index (χ4n) is 4.93. The number of pyridine rings is 1. The molecule has 0 spiro atoms. The van der Waals surface area contributed by atoms with Crippen molar-refractivity contribution in [2.45, 2.75) is 77.7 Å². The van der Waals surface area contributed by atoms with Gasteiger partial charge in [-0.25, -0.2) is 9.97 Å². The highest BCUT2D eigenvalue weighted by molar-refractivity contribution is 7.15. The number of carbonyl (C=O) groups is 1. The van der Waals surface area contributed by atoms with Gasteiger partial charge in [-0.1, -0.05) is 47.6 Å². The zero-order valence-electron chi connectivity index (χ0n) is 22.8. The van der Waals surface area contributed by atoms with E-state index in [0.29, 0.717) is 12.5 Å². The molecule has 5 rings (SSSR count). The van der Waals surface area contributed by atoms with Crippen LogP contribution in [0.15, 0.2) is 49.2 Å². The summed E-state index contributed by atoms with van der Waals surface area (Å²) >= 11 is 1.81. The topological polar surface area (TPSA) is 63.9 Å². The molecular formula is C30H37N5OS. The van der Waals surface area contributed by atoms with E-state index in [-0.39, 0.29) is 16.7 Å². The van der Waals surface area contributed by atoms with Crippen molar-refractivity contribution >= 4 is 28.3 Å². The Morgan fingerprint density at radius 2 is 1.65 bits per heavy atom. The Hall–Kier alpha value is -3.06. The number of amides is 1. The minimum Gasteiger partial charge on any atom is -0.341 e. The van der Waals surface area contributed by atoms with E-state index in [1.165, 1.54) is 21.6 Å². The maximum atomic E-state index is 13.0. The van der Waals surface area contributed by atoms with Crippen LogP contribution in [0.1, 0.15) is 76.3 Å². The number of rotatable bonds is 4. The zero-order chi connectivity index (χ0) is 26.4. The predicted octanol–water partition coefficient (Wildman–Crippen LogP) is 6.56. The molecule has 6 nitrogen and oxygen atoms in total. The molecule has 0 unspecified atom stereocenters. The van der Waals surface area contributed by atoms with E-state index in [9.17, 15) is 4.79 Å². The normalized spacial score (nSPS) is 15.5. The summed E-state index contributed by atoms with van der Waals surface area (Å²) in [5, 5.41) is 1.09. The minimum absolute atomic E-state index is 0.0787. The van der Waals surface area contributed by atoms with E-state index >= 15 is 0 Å². The summed E-state index contributed by atoms with van der Waals surface area (Å²) in [4.78, 5) is 29.7. The maximum absolute atomic E-state index is 13.0. The number of piperidine rings is 1. The van der Waals surface area contributed by atoms with Crippen molar-refractivity contribution in [3.05, 3.63) is 65.2 Å². The highest BCUT2D eigenvalue weighted by atomic mass is 32.1. The number of carbonyl (C=O) groups excluding carboxylic acids is 1. The van der Waals surface area contributed by atoms with Gasteiger partial charge in [0.25, 0.3) is 0 Å². The van der Waals surface area contributed by atoms with Crippen LogP contribution in [-0.4, -0.2) is 43.4 Å². The molecule has 1 aromatic carbocycles. The summed E-state index contributed by atoms with van der Waals surface area (Å²) < 4.78 is 1.92. The second kappa shape index (κ2) is 9.67. The average Bonchev–Trinajstić information content (AvgIpc) is 3.51. The Labute approximate surface area is 223 Å². The van der Waals surface area contributed by atoms with Gasteiger partial charge in [-0.05, 0) is 58.9 Å². The molecule has 1 fully saturated rings. The molecule has 1 amide bonds. The van der Waals surface area contributed by atoms with Gasteiger partial charge in [0, 0.05) is 35.9 Å². The molecule has 0 bridgehead atoms. The molecule has 7 heteroatoms. The number of likely N-dealkylation sites (tertiary alicyclic amines) is 1. The number of hydrogen-bond acceptors (Lipinski definition) is 5. The number of benzene rings is 1. The van der Waals surface area contributed by atoms with E-state index in [0.717, 1.165) is 42.0 Å². The van der Waals surface area contributed by atoms with Crippen LogP contribution in [0.4, 0.5) is 0 Å². The zero-order valence-corrected chi connectivity index (χ0v) is 23.6. The molecule has 37 heavy (non-hydrogen) atoms. The van der Waals surface area contributed by atoms with Crippen LogP contribution in [0.3, 0.4) is 0 Å². The number of imidazole rings is 1. The highest BCUT2D eigenvalue weighted by Gasteiger charge is 2.27. The van der Waals surface area contributed by atoms with Crippen molar-refractivity contribution < 1.29 is 4.79 Å². The number of aromatic nitrogens is 4. The molecule has 1 aliphatic rings. The van der Waals surface area contributed by atoms with Gasteiger partial charge in [-0.3, -0.25) is 9.78 Å². The molecular weight excluding hydrogens is 478 g/mol. The molecule has 1 aliphatic heterocycles. The third-order valence-electron chi connectivity index (χ3n) is 7.41. The first-order chi connectivity index (χ1) is 17.5. The minimum atomic E-state index is 0.0787. The molecule has 1 saturated heterocycles. The summed E-state index contributed by atoms with van der Waals surface area (Å²) in [7, 11) is 0. The summed E-state index contributed by atoms with van der Waals surface area (Å²) in [6.45, 7) is 15.5. The monoisotopic (exact) mass is 515 g/mol. The molecule has 194 valence electrons. The van der Waals surface area contributed by atoms with Gasteiger partial charge in [0.05, 0.1) is 18.0 Å². The van der Waals surface area contributed by atoms with Crippen LogP contribution >= 0.6 is 11.3 Å². The van der Waals surface area contributed by atoms with Crippen molar-refractivity contribution in [1.82, 2.24) is 24.4 Å². The first kappa shape index (κ1) is 25.6. The van der Waals surface area contributed by atoms with Crippen LogP contribution in [0.5, 0.6) is 0 Å². The second-order valence-corrected chi connectivity index (χ2v) is 13.3. The summed E-state index contributed by atoms with van der Waals surface area (Å²) in [5.41, 5.74) is 5.83. The van der Waals surface area contributed by atoms with Crippen molar-refractivity contribution in [3.63, 3.8) is 0 Å². The van der Waals surface area contributed by atoms with Crippen LogP contribution in [0, 0.1) is 0 Å². The van der Waals surface area contributed by atoms with Crippen LogP contribution in [0.25, 0.3) is 21.6 Å². The molecule has 3 aromatic heterocycles. The lowest BCUT2D eigenvalue weighted by molar-refractivity contribution is -0.132. The fraction of sp³-hybridized carbons (Fsp3) is 0.467. The largest absolute Gasteiger partial charge is 0.341 e. The van der Waals surface area contributed by atoms with Gasteiger partial charge in [-0.2, -0.15) is 0 Å². The van der Waals surface area contributed by atoms with E-state index < -0.39 is 0 Å². The second-order valence-electron chi connectivity index (χ2n) is 12.3. The van der Waals surface area contributed by atoms with E-state index in [4.69, 9.17) is 4.98 Å². The van der Waals surface area contributed by atoms with Gasteiger partial charge in [-0.15, -0.1) is 11.3 Å². The average molecular weight is 516 g/mol. The van der Waals surface area contributed by atoms with E-state index in [1.54, 1.807) is 18.7 Å². The molecule has 0 aliphatic carbocycles. The molecule has 4 aromatic rings. The van der Waals surface area contributed by atoms with Crippen molar-refractivity contribution in [2.75, 3.05) is 13.1 Å². The van der Waals surface area contributed by atoms with Gasteiger partial charge in [0.1, 0.15) is 17.1 Å². The van der Waals surface area contributed by atoms with Crippen LogP contribution in [0.2, 0.25) is 0 Å². The van der Waals surface area contributed by atoms with Crippen molar-refractivity contribution in [1.29, 1.82) is 0 Å². The van der Waals surface area contributed by atoms with Gasteiger partial charge >= 0.3 is 0 Å². The standard InChI is InChI=1S/C30H37N5OS/c1-29(2,3)22-13-21(14-23(15-22)30(4,5)6)28-32-17-26(37-28)20-8-11-34(12-9-20)27(36)18-35-19-33-24-16-31-10-7-25(24)35/h7,10,13-17,19-20H,8-9,11-12,18H2,1-6H3. The van der Waals surface area contributed by atoms with Crippen molar-refractivity contribution in [3.8, 4) is 10.6 Å². The Balaban J connectivity index is 1.27. The lowest BCUT2D eigenvalue weighted by atomic mass is 9.79. The molecule has 4 heterocycles. The van der Waals surface area contributed by atoms with E-state index in [1.807, 2.05) is 26.9 Å². The lowest BCUT2D eigenvalue weighted by Crippen LogP contribution is -2.39. The molecule has 0 atom stereocenters. The number of thiazole rings is 1. The molecule has 0 N–H and O–H groups in total. The smallest absolute Gasteiger partial charge is 0.242 e. The van der Waals surface area contributed by atoms with Crippen LogP contribution < -0.4 is 0 Å². The van der Waals surface area contributed by atoms with Gasteiger partial charge in [0.2, 0.25) is 5.91 Å². The summed E-state index contributed by atoms with van der Waals surface area (Å²) in [5.74, 6) is 0.594. The Morgan fingerprint density at radius 1 is 0.973 bits per heavy atom. The first-order valence-electron chi connectivity index (χ1n) is 13.1. The van der Waals surface area contributed by atoms with Gasteiger partial charge < -0.3 is 9.47 Å². The first-order valence-corrected chi connectivity index (χ1v) is 14.0. The van der Waals surface area contributed by atoms with Gasteiger partial charge in [0.15, 0.2) is 0 Å². The quantitative estimate of drug-likeness (QED) is 0.309. The highest BCUT2D eigenvalue weighted by Crippen LogP contribution is 2.38. The Bertz CT molecular complexity index is 1380. The Morgan fingerprint density at radius 3 is 2.30 bits per heavy atom. The van der Waals surface area contributed by atoms with Crippen LogP contribution in [-0.2, 0) is 22.2 Å². The maximum Gasteiger partial charge on any atom is 0.242 e. The molecule has 0 radical (unpaired) electrons. The summed E-state index contributed by atoms with van der Waals surface area (Å²) in [6, 6.07) is 8.89. The number of nitrogens with zero attached hydrogens (tertiary/aromatic N) is 5. The number of fused-ring (bicyclic) bond motifs is 1. The van der Waals surface area contributed by atoms with Crippen molar-refractivity contribution in [2.24, 2.45) is 0 Å². The fourth-order valence-corrected chi connectivity index (χ4v) is 6.00. The number of hydrogen-bond donors (Lipinski definition) is 0. The third kappa shape index (κ3) is 5.47. The SMILES string of the molecule is CC(C)(C)c1cc(-c2ncc(C3CCN(C(=O)Cn4cnc5cnccc54)CC3)s2)cc(C(C)(C)C)c1. The summed E-state index contributed by atoms with van der Waals surface area (Å²) in [6.07, 6.45) is 9.20. The molecule has 0 saturated carbocycles. The third-order valence-corrected chi connectivity index (χ3v) is 8.62. The lowest BCUT2D eigenvalue weighted by Gasteiger charge is -2.31. The van der Waals surface area contributed by atoms with E-state index in [2.05, 4.69) is 75.9 Å². The predicted molar refractivity (Wildman–Crippen MR) is 151 cm³/mol.